The van der Waals surface area contributed by atoms with Crippen molar-refractivity contribution in [1.82, 2.24) is 25.5 Å². The van der Waals surface area contributed by atoms with Gasteiger partial charge in [-0.3, -0.25) is 9.69 Å². The lowest BCUT2D eigenvalue weighted by Gasteiger charge is -2.32. The number of aryl methyl sites for hydroxylation is 1. The van der Waals surface area contributed by atoms with E-state index < -0.39 is 0 Å². The van der Waals surface area contributed by atoms with Gasteiger partial charge in [0.25, 0.3) is 5.95 Å². The number of fused-ring (bicyclic) bond motifs is 1. The third kappa shape index (κ3) is 4.43. The second kappa shape index (κ2) is 9.49. The lowest BCUT2D eigenvalue weighted by Crippen LogP contribution is -2.40. The van der Waals surface area contributed by atoms with Crippen LogP contribution in [0.2, 0.25) is 5.02 Å². The van der Waals surface area contributed by atoms with Gasteiger partial charge in [-0.1, -0.05) is 83.4 Å². The number of tetrazole rings is 1. The van der Waals surface area contributed by atoms with Crippen molar-refractivity contribution in [1.29, 1.82) is 0 Å². The molecule has 1 aliphatic heterocycles. The highest BCUT2D eigenvalue weighted by atomic mass is 35.5. The molecule has 1 aromatic heterocycles. The highest BCUT2D eigenvalue weighted by Crippen LogP contribution is 2.36. The van der Waals surface area contributed by atoms with Gasteiger partial charge in [0.05, 0.1) is 5.70 Å². The summed E-state index contributed by atoms with van der Waals surface area (Å²) >= 11 is 6.10. The maximum Gasteiger partial charge on any atom is 0.251 e. The van der Waals surface area contributed by atoms with Crippen molar-refractivity contribution in [2.75, 3.05) is 11.4 Å². The minimum atomic E-state index is -0.233. The molecule has 0 fully saturated rings. The highest BCUT2D eigenvalue weighted by molar-refractivity contribution is 6.30. The van der Waals surface area contributed by atoms with Gasteiger partial charge in [0.1, 0.15) is 12.6 Å². The number of hydrogen-bond donors (Lipinski definition) is 1. The fourth-order valence-electron chi connectivity index (χ4n) is 4.08. The number of carbonyl (C=O) groups is 1. The number of nitrogens with one attached hydrogen (secondary N) is 1. The van der Waals surface area contributed by atoms with Gasteiger partial charge in [-0.05, 0) is 57.8 Å². The second-order valence-electron chi connectivity index (χ2n) is 8.13. The van der Waals surface area contributed by atoms with E-state index >= 15 is 0 Å². The van der Waals surface area contributed by atoms with Crippen LogP contribution >= 0.6 is 11.6 Å². The van der Waals surface area contributed by atoms with E-state index in [9.17, 15) is 4.79 Å². The van der Waals surface area contributed by atoms with Crippen LogP contribution in [0, 0.1) is 6.92 Å². The van der Waals surface area contributed by atoms with Crippen LogP contribution in [0.3, 0.4) is 0 Å². The second-order valence-corrected chi connectivity index (χ2v) is 8.56. The normalized spacial score (nSPS) is 14.9. The fourth-order valence-corrected chi connectivity index (χ4v) is 4.21. The van der Waals surface area contributed by atoms with Crippen LogP contribution in [0.5, 0.6) is 0 Å². The van der Waals surface area contributed by atoms with Crippen molar-refractivity contribution in [2.45, 2.75) is 19.5 Å². The van der Waals surface area contributed by atoms with Crippen LogP contribution in [0.15, 0.2) is 84.9 Å². The Labute approximate surface area is 202 Å². The molecule has 0 aliphatic carbocycles. The summed E-state index contributed by atoms with van der Waals surface area (Å²) in [6.45, 7) is 2.58. The molecule has 1 aliphatic rings. The van der Waals surface area contributed by atoms with Crippen molar-refractivity contribution >= 4 is 29.2 Å². The van der Waals surface area contributed by atoms with Crippen molar-refractivity contribution in [3.63, 3.8) is 0 Å². The molecule has 34 heavy (non-hydrogen) atoms. The van der Waals surface area contributed by atoms with Crippen LogP contribution in [0.4, 0.5) is 5.95 Å². The maximum absolute atomic E-state index is 13.0. The lowest BCUT2D eigenvalue weighted by molar-refractivity contribution is -0.119. The van der Waals surface area contributed by atoms with Crippen LogP contribution in [0.25, 0.3) is 5.70 Å². The van der Waals surface area contributed by atoms with Crippen LogP contribution in [0.1, 0.15) is 28.3 Å². The average Bonchev–Trinajstić information content (AvgIpc) is 3.35. The predicted octanol–water partition coefficient (Wildman–Crippen LogP) is 4.40. The molecule has 0 radical (unpaired) electrons. The standard InChI is InChI=1S/C26H23ClN6O/c1-18-7-5-6-10-21(18)16-28-25(34)17-32-23(19-8-3-2-4-9-19)15-24(33-26(32)29-30-31-33)20-11-13-22(27)14-12-20/h2-15,24H,16-17H2,1H3,(H,28,34)/t24-/m0/s1. The summed E-state index contributed by atoms with van der Waals surface area (Å²) in [5.74, 6) is 0.386. The number of allylic oxidation sites excluding steroid dienone is 1. The Bertz CT molecular complexity index is 1330. The summed E-state index contributed by atoms with van der Waals surface area (Å²) in [6, 6.07) is 25.3. The molecule has 0 saturated heterocycles. The first-order chi connectivity index (χ1) is 16.6. The number of aromatic nitrogens is 4. The zero-order valence-corrected chi connectivity index (χ0v) is 19.4. The van der Waals surface area contributed by atoms with Crippen LogP contribution < -0.4 is 10.2 Å². The summed E-state index contributed by atoms with van der Waals surface area (Å²) in [4.78, 5) is 14.9. The first-order valence-corrected chi connectivity index (χ1v) is 11.4. The average molecular weight is 471 g/mol. The Morgan fingerprint density at radius 3 is 2.50 bits per heavy atom. The summed E-state index contributed by atoms with van der Waals surface area (Å²) in [7, 11) is 0. The van der Waals surface area contributed by atoms with E-state index in [0.717, 1.165) is 28.0 Å². The number of anilines is 1. The molecule has 2 heterocycles. The molecular formula is C26H23ClN6O. The zero-order valence-electron chi connectivity index (χ0n) is 18.6. The summed E-state index contributed by atoms with van der Waals surface area (Å²) < 4.78 is 1.73. The molecule has 0 spiro atoms. The SMILES string of the molecule is Cc1ccccc1CNC(=O)CN1C(c2ccccc2)=C[C@@H](c2ccc(Cl)cc2)n2nnnc21. The van der Waals surface area contributed by atoms with Crippen molar-refractivity contribution in [3.05, 3.63) is 112 Å². The Morgan fingerprint density at radius 2 is 1.74 bits per heavy atom. The van der Waals surface area contributed by atoms with Gasteiger partial charge in [-0.25, -0.2) is 0 Å². The lowest BCUT2D eigenvalue weighted by atomic mass is 10.0. The van der Waals surface area contributed by atoms with Gasteiger partial charge >= 0.3 is 0 Å². The van der Waals surface area contributed by atoms with Crippen LogP contribution in [-0.4, -0.2) is 32.7 Å². The Morgan fingerprint density at radius 1 is 1.00 bits per heavy atom. The van der Waals surface area contributed by atoms with E-state index in [0.29, 0.717) is 17.5 Å². The molecule has 0 bridgehead atoms. The molecule has 7 nitrogen and oxygen atoms in total. The molecule has 170 valence electrons. The summed E-state index contributed by atoms with van der Waals surface area (Å²) in [5.41, 5.74) is 5.06. The van der Waals surface area contributed by atoms with E-state index in [1.54, 1.807) is 4.68 Å². The van der Waals surface area contributed by atoms with Gasteiger partial charge in [0.15, 0.2) is 0 Å². The van der Waals surface area contributed by atoms with Gasteiger partial charge in [-0.2, -0.15) is 4.68 Å². The smallest absolute Gasteiger partial charge is 0.251 e. The number of amides is 1. The molecule has 8 heteroatoms. The first kappa shape index (κ1) is 21.9. The first-order valence-electron chi connectivity index (χ1n) is 11.0. The summed E-state index contributed by atoms with van der Waals surface area (Å²) in [6.07, 6.45) is 2.08. The molecule has 0 saturated carbocycles. The number of nitrogens with zero attached hydrogens (tertiary/aromatic N) is 5. The molecule has 1 amide bonds. The van der Waals surface area contributed by atoms with E-state index in [4.69, 9.17) is 11.6 Å². The molecule has 1 N–H and O–H groups in total. The number of carbonyl (C=O) groups excluding carboxylic acids is 1. The zero-order chi connectivity index (χ0) is 23.5. The van der Waals surface area contributed by atoms with Gasteiger partial charge in [0, 0.05) is 11.6 Å². The minimum Gasteiger partial charge on any atom is -0.350 e. The third-order valence-electron chi connectivity index (χ3n) is 5.91. The number of benzene rings is 3. The summed E-state index contributed by atoms with van der Waals surface area (Å²) in [5, 5.41) is 16.1. The van der Waals surface area contributed by atoms with Crippen molar-refractivity contribution < 1.29 is 4.79 Å². The van der Waals surface area contributed by atoms with Gasteiger partial charge in [0.2, 0.25) is 5.91 Å². The molecule has 1 atom stereocenters. The Balaban J connectivity index is 1.47. The fraction of sp³-hybridized carbons (Fsp3) is 0.154. The minimum absolute atomic E-state index is 0.0837. The largest absolute Gasteiger partial charge is 0.350 e. The molecule has 0 unspecified atom stereocenters. The quantitative estimate of drug-likeness (QED) is 0.452. The number of rotatable bonds is 6. The third-order valence-corrected chi connectivity index (χ3v) is 6.16. The molecule has 4 aromatic rings. The molecule has 3 aromatic carbocycles. The van der Waals surface area contributed by atoms with Crippen molar-refractivity contribution in [2.24, 2.45) is 0 Å². The Kier molecular flexibility index (Phi) is 6.10. The van der Waals surface area contributed by atoms with E-state index in [-0.39, 0.29) is 18.5 Å². The van der Waals surface area contributed by atoms with E-state index in [1.165, 1.54) is 0 Å². The Hall–Kier alpha value is -3.97. The number of hydrogen-bond acceptors (Lipinski definition) is 5. The highest BCUT2D eigenvalue weighted by Gasteiger charge is 2.31. The molecule has 5 rings (SSSR count). The van der Waals surface area contributed by atoms with Gasteiger partial charge in [-0.15, -0.1) is 0 Å². The maximum atomic E-state index is 13.0. The van der Waals surface area contributed by atoms with Gasteiger partial charge < -0.3 is 5.32 Å². The monoisotopic (exact) mass is 470 g/mol. The van der Waals surface area contributed by atoms with E-state index in [2.05, 4.69) is 26.9 Å². The topological polar surface area (TPSA) is 75.9 Å². The number of halogens is 1. The predicted molar refractivity (Wildman–Crippen MR) is 132 cm³/mol. The van der Waals surface area contributed by atoms with Crippen LogP contribution in [-0.2, 0) is 11.3 Å². The molecular weight excluding hydrogens is 448 g/mol. The van der Waals surface area contributed by atoms with Crippen molar-refractivity contribution in [3.8, 4) is 0 Å². The van der Waals surface area contributed by atoms with E-state index in [1.807, 2.05) is 90.7 Å².